The number of aliphatic carboxylic acids is 1. The number of likely N-dealkylation sites (tertiary alicyclic amines) is 1. The van der Waals surface area contributed by atoms with Crippen molar-refractivity contribution in [1.82, 2.24) is 4.90 Å². The van der Waals surface area contributed by atoms with E-state index in [0.29, 0.717) is 55.5 Å². The number of nitrogens with zero attached hydrogens (tertiary/aromatic N) is 1. The summed E-state index contributed by atoms with van der Waals surface area (Å²) in [4.78, 5) is 24.0. The van der Waals surface area contributed by atoms with Gasteiger partial charge in [0.2, 0.25) is 5.91 Å². The second kappa shape index (κ2) is 12.1. The Bertz CT molecular complexity index is 1190. The molecule has 2 aromatic carbocycles. The normalized spacial score (nSPS) is 15.2. The van der Waals surface area contributed by atoms with Gasteiger partial charge < -0.3 is 20.1 Å². The summed E-state index contributed by atoms with van der Waals surface area (Å²) >= 11 is 0.523. The number of piperidine rings is 1. The number of carbonyl (C=O) groups excluding carboxylic acids is 1. The number of nitrogens with one attached hydrogen (secondary N) is 1. The van der Waals surface area contributed by atoms with Gasteiger partial charge in [-0.2, -0.15) is 26.3 Å². The van der Waals surface area contributed by atoms with Gasteiger partial charge in [0.1, 0.15) is 6.61 Å². The van der Waals surface area contributed by atoms with Gasteiger partial charge in [-0.1, -0.05) is 23.9 Å². The largest absolute Gasteiger partial charge is 0.478 e. The molecule has 1 fully saturated rings. The first-order valence-electron chi connectivity index (χ1n) is 11.3. The van der Waals surface area contributed by atoms with E-state index in [1.165, 1.54) is 13.2 Å². The average molecular weight is 563 g/mol. The molecule has 206 valence electrons. The number of alkyl halides is 6. The lowest BCUT2D eigenvalue weighted by molar-refractivity contribution is -0.163. The van der Waals surface area contributed by atoms with Crippen molar-refractivity contribution < 1.29 is 45.8 Å². The van der Waals surface area contributed by atoms with E-state index in [1.807, 2.05) is 0 Å². The molecule has 6 nitrogen and oxygen atoms in total. The second-order valence-corrected chi connectivity index (χ2v) is 9.55. The van der Waals surface area contributed by atoms with Gasteiger partial charge in [-0.25, -0.2) is 4.79 Å². The Morgan fingerprint density at radius 1 is 1.08 bits per heavy atom. The molecule has 38 heavy (non-hydrogen) atoms. The number of halogens is 6. The number of anilines is 1. The number of hydrogen-bond acceptors (Lipinski definition) is 5. The zero-order valence-electron chi connectivity index (χ0n) is 20.0. The van der Waals surface area contributed by atoms with Gasteiger partial charge >= 0.3 is 18.3 Å². The Balaban J connectivity index is 1.86. The van der Waals surface area contributed by atoms with Gasteiger partial charge in [0.15, 0.2) is 0 Å². The first-order valence-corrected chi connectivity index (χ1v) is 12.1. The Kier molecular flexibility index (Phi) is 9.36. The monoisotopic (exact) mass is 562 g/mol. The summed E-state index contributed by atoms with van der Waals surface area (Å²) in [7, 11) is 1.43. The van der Waals surface area contributed by atoms with Gasteiger partial charge in [-0.3, -0.25) is 4.79 Å². The highest BCUT2D eigenvalue weighted by Gasteiger charge is 2.46. The van der Waals surface area contributed by atoms with Crippen LogP contribution in [0.25, 0.3) is 6.08 Å². The highest BCUT2D eigenvalue weighted by atomic mass is 32.2. The average Bonchev–Trinajstić information content (AvgIpc) is 2.82. The molecule has 13 heteroatoms. The molecule has 2 N–H and O–H groups in total. The molecule has 1 aliphatic heterocycles. The molecule has 0 saturated carbocycles. The molecule has 0 aromatic heterocycles. The van der Waals surface area contributed by atoms with Crippen molar-refractivity contribution in [2.45, 2.75) is 41.0 Å². The van der Waals surface area contributed by atoms with E-state index in [2.05, 4.69) is 5.32 Å². The third-order valence-electron chi connectivity index (χ3n) is 5.72. The number of rotatable bonds is 8. The quantitative estimate of drug-likeness (QED) is 0.303. The smallest absolute Gasteiger partial charge is 0.418 e. The molecular weight excluding hydrogens is 538 g/mol. The van der Waals surface area contributed by atoms with Gasteiger partial charge in [0.05, 0.1) is 11.1 Å². The number of amides is 1. The van der Waals surface area contributed by atoms with Crippen molar-refractivity contribution >= 4 is 35.4 Å². The maximum absolute atomic E-state index is 13.9. The number of carboxylic acids is 1. The third-order valence-corrected chi connectivity index (χ3v) is 6.77. The molecule has 1 aliphatic rings. The Morgan fingerprint density at radius 2 is 1.74 bits per heavy atom. The molecule has 1 amide bonds. The van der Waals surface area contributed by atoms with Crippen LogP contribution in [0.3, 0.4) is 0 Å². The summed E-state index contributed by atoms with van der Waals surface area (Å²) in [6, 6.07) is 8.00. The lowest BCUT2D eigenvalue weighted by atomic mass is 9.99. The number of carbonyl (C=O) groups is 2. The molecule has 0 radical (unpaired) electrons. The standard InChI is InChI=1S/C25H24F6N2O4S/c1-37-14-20(34)33-11-9-16(10-12-33)32-17-3-2-4-18(13-17)38-19-7-5-15(6-8-21(35)36)22(24(26,27)28)23(19)25(29,30)31/h2-8,13,16,32H,9-12,14H2,1H3,(H,35,36)/b8-6+. The fraction of sp³-hybridized carbons (Fsp3) is 0.360. The van der Waals surface area contributed by atoms with E-state index in [9.17, 15) is 35.9 Å². The summed E-state index contributed by atoms with van der Waals surface area (Å²) in [5, 5.41) is 12.0. The first-order chi connectivity index (χ1) is 17.8. The third kappa shape index (κ3) is 7.67. The zero-order chi connectivity index (χ0) is 28.1. The molecule has 0 bridgehead atoms. The minimum absolute atomic E-state index is 0.00952. The van der Waals surface area contributed by atoms with Gasteiger partial charge in [-0.05, 0) is 48.7 Å². The van der Waals surface area contributed by atoms with Crippen LogP contribution in [-0.2, 0) is 26.7 Å². The van der Waals surface area contributed by atoms with Crippen LogP contribution in [0.1, 0.15) is 29.5 Å². The maximum Gasteiger partial charge on any atom is 0.418 e. The van der Waals surface area contributed by atoms with E-state index in [1.54, 1.807) is 23.1 Å². The van der Waals surface area contributed by atoms with Crippen LogP contribution in [0.15, 0.2) is 52.3 Å². The summed E-state index contributed by atoms with van der Waals surface area (Å²) < 4.78 is 88.1. The predicted molar refractivity (Wildman–Crippen MR) is 129 cm³/mol. The topological polar surface area (TPSA) is 78.9 Å². The van der Waals surface area contributed by atoms with Crippen LogP contribution in [0.2, 0.25) is 0 Å². The van der Waals surface area contributed by atoms with Crippen LogP contribution >= 0.6 is 11.8 Å². The number of hydrogen-bond donors (Lipinski definition) is 2. The van der Waals surface area contributed by atoms with Crippen LogP contribution in [0, 0.1) is 0 Å². The van der Waals surface area contributed by atoms with Crippen LogP contribution < -0.4 is 5.32 Å². The van der Waals surface area contributed by atoms with Crippen LogP contribution in [0.5, 0.6) is 0 Å². The number of benzene rings is 2. The second-order valence-electron chi connectivity index (χ2n) is 8.43. The lowest BCUT2D eigenvalue weighted by Crippen LogP contribution is -2.43. The van der Waals surface area contributed by atoms with Crippen molar-refractivity contribution in [2.24, 2.45) is 0 Å². The van der Waals surface area contributed by atoms with E-state index < -0.39 is 39.9 Å². The van der Waals surface area contributed by atoms with Crippen molar-refractivity contribution in [1.29, 1.82) is 0 Å². The van der Waals surface area contributed by atoms with Crippen molar-refractivity contribution in [3.05, 3.63) is 59.2 Å². The fourth-order valence-corrected chi connectivity index (χ4v) is 5.11. The molecule has 0 atom stereocenters. The number of methoxy groups -OCH3 is 1. The minimum Gasteiger partial charge on any atom is -0.478 e. The van der Waals surface area contributed by atoms with Gasteiger partial charge in [0, 0.05) is 47.8 Å². The van der Waals surface area contributed by atoms with E-state index in [4.69, 9.17) is 9.84 Å². The van der Waals surface area contributed by atoms with Crippen molar-refractivity contribution in [2.75, 3.05) is 32.1 Å². The maximum atomic E-state index is 13.9. The summed E-state index contributed by atoms with van der Waals surface area (Å²) in [5.41, 5.74) is -4.16. The Morgan fingerprint density at radius 3 is 2.32 bits per heavy atom. The van der Waals surface area contributed by atoms with Crippen molar-refractivity contribution in [3.63, 3.8) is 0 Å². The minimum atomic E-state index is -5.39. The van der Waals surface area contributed by atoms with Gasteiger partial charge in [0.25, 0.3) is 0 Å². The molecule has 1 heterocycles. The lowest BCUT2D eigenvalue weighted by Gasteiger charge is -2.32. The predicted octanol–water partition coefficient (Wildman–Crippen LogP) is 6.02. The molecule has 0 aliphatic carbocycles. The highest BCUT2D eigenvalue weighted by molar-refractivity contribution is 7.99. The summed E-state index contributed by atoms with van der Waals surface area (Å²) in [6.07, 6.45) is -8.64. The van der Waals surface area contributed by atoms with E-state index >= 15 is 0 Å². The molecular formula is C25H24F6N2O4S. The van der Waals surface area contributed by atoms with Gasteiger partial charge in [-0.15, -0.1) is 0 Å². The van der Waals surface area contributed by atoms with E-state index in [0.717, 1.165) is 12.1 Å². The van der Waals surface area contributed by atoms with Crippen LogP contribution in [0.4, 0.5) is 32.0 Å². The number of carboxylic acid groups (broad SMARTS) is 1. The molecule has 2 aromatic rings. The Labute approximate surface area is 218 Å². The van der Waals surface area contributed by atoms with Crippen LogP contribution in [-0.4, -0.2) is 54.7 Å². The highest BCUT2D eigenvalue weighted by Crippen LogP contribution is 2.48. The summed E-state index contributed by atoms with van der Waals surface area (Å²) in [6.45, 7) is 1.00. The number of ether oxygens (including phenoxy) is 1. The molecule has 1 saturated heterocycles. The Hall–Kier alpha value is -3.19. The molecule has 0 unspecified atom stereocenters. The fourth-order valence-electron chi connectivity index (χ4n) is 4.07. The molecule has 0 spiro atoms. The summed E-state index contributed by atoms with van der Waals surface area (Å²) in [5.74, 6) is -1.71. The molecule has 3 rings (SSSR count). The SMILES string of the molecule is COCC(=O)N1CCC(Nc2cccc(Sc3ccc(/C=C/C(=O)O)c(C(F)(F)F)c3C(F)(F)F)c2)CC1. The van der Waals surface area contributed by atoms with E-state index in [-0.39, 0.29) is 23.5 Å². The first kappa shape index (κ1) is 29.4. The zero-order valence-corrected chi connectivity index (χ0v) is 20.8. The van der Waals surface area contributed by atoms with Crippen molar-refractivity contribution in [3.8, 4) is 0 Å².